The Balaban J connectivity index is 2.43. The van der Waals surface area contributed by atoms with Crippen molar-refractivity contribution in [2.75, 3.05) is 6.61 Å². The Morgan fingerprint density at radius 1 is 1.19 bits per heavy atom. The fraction of sp³-hybridized carbons (Fsp3) is 0.571. The quantitative estimate of drug-likeness (QED) is 0.799. The van der Waals surface area contributed by atoms with Crippen LogP contribution >= 0.6 is 0 Å². The van der Waals surface area contributed by atoms with Crippen molar-refractivity contribution < 1.29 is 9.84 Å². The third kappa shape index (κ3) is 4.23. The van der Waals surface area contributed by atoms with Crippen molar-refractivity contribution in [2.45, 2.75) is 45.6 Å². The molecule has 0 spiro atoms. The van der Waals surface area contributed by atoms with Crippen molar-refractivity contribution in [3.63, 3.8) is 0 Å². The van der Waals surface area contributed by atoms with Gasteiger partial charge in [-0.25, -0.2) is 0 Å². The summed E-state index contributed by atoms with van der Waals surface area (Å²) in [6.45, 7) is 6.78. The molecule has 16 heavy (non-hydrogen) atoms. The van der Waals surface area contributed by atoms with Crippen LogP contribution in [0.15, 0.2) is 24.3 Å². The highest BCUT2D eigenvalue weighted by Gasteiger charge is 2.04. The third-order valence-corrected chi connectivity index (χ3v) is 2.61. The van der Waals surface area contributed by atoms with Crippen LogP contribution in [-0.4, -0.2) is 17.8 Å². The second-order valence-electron chi connectivity index (χ2n) is 4.48. The first-order valence-electron chi connectivity index (χ1n) is 6.04. The number of hydrogen-bond acceptors (Lipinski definition) is 2. The van der Waals surface area contributed by atoms with Crippen LogP contribution in [-0.2, 0) is 0 Å². The molecule has 1 aromatic rings. The van der Waals surface area contributed by atoms with Gasteiger partial charge in [0.2, 0.25) is 0 Å². The van der Waals surface area contributed by atoms with Gasteiger partial charge in [0.1, 0.15) is 12.4 Å². The lowest BCUT2D eigenvalue weighted by molar-refractivity contribution is 0.0993. The van der Waals surface area contributed by atoms with Crippen LogP contribution < -0.4 is 4.74 Å². The molecule has 0 aromatic heterocycles. The van der Waals surface area contributed by atoms with E-state index in [0.29, 0.717) is 12.5 Å². The molecule has 0 fully saturated rings. The average Bonchev–Trinajstić information content (AvgIpc) is 2.27. The van der Waals surface area contributed by atoms with E-state index in [2.05, 4.69) is 32.9 Å². The maximum absolute atomic E-state index is 9.53. The highest BCUT2D eigenvalue weighted by molar-refractivity contribution is 5.28. The summed E-state index contributed by atoms with van der Waals surface area (Å²) in [7, 11) is 0. The van der Waals surface area contributed by atoms with Gasteiger partial charge in [0, 0.05) is 0 Å². The molecule has 0 saturated carbocycles. The minimum absolute atomic E-state index is 0.352. The summed E-state index contributed by atoms with van der Waals surface area (Å²) >= 11 is 0. The van der Waals surface area contributed by atoms with E-state index in [0.717, 1.165) is 18.6 Å². The largest absolute Gasteiger partial charge is 0.491 e. The van der Waals surface area contributed by atoms with E-state index in [1.165, 1.54) is 5.56 Å². The molecule has 0 saturated heterocycles. The van der Waals surface area contributed by atoms with Crippen LogP contribution in [0.1, 0.15) is 45.1 Å². The zero-order valence-electron chi connectivity index (χ0n) is 10.4. The number of ether oxygens (including phenoxy) is 1. The van der Waals surface area contributed by atoms with E-state index in [1.807, 2.05) is 12.1 Å². The molecule has 0 radical (unpaired) electrons. The van der Waals surface area contributed by atoms with Gasteiger partial charge in [-0.05, 0) is 30.0 Å². The predicted octanol–water partition coefficient (Wildman–Crippen LogP) is 3.35. The molecule has 2 heteroatoms. The van der Waals surface area contributed by atoms with Crippen LogP contribution in [0.25, 0.3) is 0 Å². The molecule has 0 heterocycles. The smallest absolute Gasteiger partial charge is 0.119 e. The Bertz CT molecular complexity index is 290. The topological polar surface area (TPSA) is 29.5 Å². The van der Waals surface area contributed by atoms with Gasteiger partial charge in [-0.15, -0.1) is 0 Å². The molecule has 1 aromatic carbocycles. The lowest BCUT2D eigenvalue weighted by Crippen LogP contribution is -2.16. The van der Waals surface area contributed by atoms with E-state index < -0.39 is 0 Å². The summed E-state index contributed by atoms with van der Waals surface area (Å²) < 4.78 is 5.51. The van der Waals surface area contributed by atoms with Crippen molar-refractivity contribution in [1.82, 2.24) is 0 Å². The zero-order valence-corrected chi connectivity index (χ0v) is 10.4. The number of aliphatic hydroxyl groups is 1. The normalized spacial score (nSPS) is 12.8. The summed E-state index contributed by atoms with van der Waals surface area (Å²) in [5.74, 6) is 1.37. The van der Waals surface area contributed by atoms with E-state index in [9.17, 15) is 5.11 Å². The fourth-order valence-corrected chi connectivity index (χ4v) is 1.56. The first kappa shape index (κ1) is 13.0. The number of rotatable bonds is 6. The Hall–Kier alpha value is -1.02. The average molecular weight is 222 g/mol. The van der Waals surface area contributed by atoms with Crippen LogP contribution in [0.2, 0.25) is 0 Å². The number of benzene rings is 1. The van der Waals surface area contributed by atoms with Crippen molar-refractivity contribution in [1.29, 1.82) is 0 Å². The Morgan fingerprint density at radius 2 is 1.81 bits per heavy atom. The van der Waals surface area contributed by atoms with E-state index >= 15 is 0 Å². The van der Waals surface area contributed by atoms with Gasteiger partial charge < -0.3 is 9.84 Å². The zero-order chi connectivity index (χ0) is 12.0. The van der Waals surface area contributed by atoms with Crippen molar-refractivity contribution in [2.24, 2.45) is 0 Å². The van der Waals surface area contributed by atoms with Crippen LogP contribution in [0.3, 0.4) is 0 Å². The molecule has 0 aliphatic heterocycles. The number of hydrogen-bond donors (Lipinski definition) is 1. The summed E-state index contributed by atoms with van der Waals surface area (Å²) in [6.07, 6.45) is 1.43. The molecule has 1 unspecified atom stereocenters. The lowest BCUT2D eigenvalue weighted by atomic mass is 10.0. The predicted molar refractivity (Wildman–Crippen MR) is 66.9 cm³/mol. The highest BCUT2D eigenvalue weighted by Crippen LogP contribution is 2.18. The summed E-state index contributed by atoms with van der Waals surface area (Å²) in [5, 5.41) is 9.53. The van der Waals surface area contributed by atoms with E-state index in [-0.39, 0.29) is 6.10 Å². The highest BCUT2D eigenvalue weighted by atomic mass is 16.5. The second kappa shape index (κ2) is 6.54. The summed E-state index contributed by atoms with van der Waals surface area (Å²) in [6, 6.07) is 8.08. The molecule has 1 N–H and O–H groups in total. The molecule has 1 atom stereocenters. The summed E-state index contributed by atoms with van der Waals surface area (Å²) in [4.78, 5) is 0. The van der Waals surface area contributed by atoms with Gasteiger partial charge in [0.05, 0.1) is 6.10 Å². The lowest BCUT2D eigenvalue weighted by Gasteiger charge is -2.12. The van der Waals surface area contributed by atoms with Gasteiger partial charge in [-0.3, -0.25) is 0 Å². The van der Waals surface area contributed by atoms with Gasteiger partial charge in [-0.1, -0.05) is 39.3 Å². The van der Waals surface area contributed by atoms with Gasteiger partial charge in [0.25, 0.3) is 0 Å². The molecule has 0 bridgehead atoms. The first-order chi connectivity index (χ1) is 7.63. The standard InChI is InChI=1S/C14H22O2/c1-4-5-13(15)10-16-14-8-6-12(7-9-14)11(2)3/h6-9,11,13,15H,4-5,10H2,1-3H3. The molecule has 1 rings (SSSR count). The second-order valence-corrected chi connectivity index (χ2v) is 4.48. The van der Waals surface area contributed by atoms with Crippen molar-refractivity contribution in [3.8, 4) is 5.75 Å². The van der Waals surface area contributed by atoms with E-state index in [1.54, 1.807) is 0 Å². The monoisotopic (exact) mass is 222 g/mol. The first-order valence-corrected chi connectivity index (χ1v) is 6.04. The molecular formula is C14H22O2. The van der Waals surface area contributed by atoms with Crippen LogP contribution in [0.5, 0.6) is 5.75 Å². The molecule has 0 aliphatic carbocycles. The number of aliphatic hydroxyl groups excluding tert-OH is 1. The van der Waals surface area contributed by atoms with Crippen molar-refractivity contribution in [3.05, 3.63) is 29.8 Å². The molecule has 0 aliphatic rings. The molecule has 0 amide bonds. The minimum atomic E-state index is -0.352. The maximum Gasteiger partial charge on any atom is 0.119 e. The SMILES string of the molecule is CCCC(O)COc1ccc(C(C)C)cc1. The summed E-state index contributed by atoms with van der Waals surface area (Å²) in [5.41, 5.74) is 1.31. The Labute approximate surface area is 98.3 Å². The Morgan fingerprint density at radius 3 is 2.31 bits per heavy atom. The fourth-order valence-electron chi connectivity index (χ4n) is 1.56. The minimum Gasteiger partial charge on any atom is -0.491 e. The third-order valence-electron chi connectivity index (χ3n) is 2.61. The van der Waals surface area contributed by atoms with Gasteiger partial charge in [-0.2, -0.15) is 0 Å². The van der Waals surface area contributed by atoms with Crippen LogP contribution in [0.4, 0.5) is 0 Å². The van der Waals surface area contributed by atoms with Gasteiger partial charge in [0.15, 0.2) is 0 Å². The van der Waals surface area contributed by atoms with Crippen LogP contribution in [0, 0.1) is 0 Å². The molecule has 90 valence electrons. The van der Waals surface area contributed by atoms with Crippen molar-refractivity contribution >= 4 is 0 Å². The van der Waals surface area contributed by atoms with E-state index in [4.69, 9.17) is 4.74 Å². The molecular weight excluding hydrogens is 200 g/mol. The maximum atomic E-state index is 9.53. The van der Waals surface area contributed by atoms with Gasteiger partial charge >= 0.3 is 0 Å². The molecule has 2 nitrogen and oxygen atoms in total. The Kier molecular flexibility index (Phi) is 5.33.